The first kappa shape index (κ1) is 11.9. The van der Waals surface area contributed by atoms with Gasteiger partial charge in [0.15, 0.2) is 0 Å². The summed E-state index contributed by atoms with van der Waals surface area (Å²) >= 11 is 0. The van der Waals surface area contributed by atoms with E-state index >= 15 is 0 Å². The molecule has 0 aliphatic carbocycles. The predicted octanol–water partition coefficient (Wildman–Crippen LogP) is 1.34. The second-order valence-electron chi connectivity index (χ2n) is 3.99. The summed E-state index contributed by atoms with van der Waals surface area (Å²) in [6, 6.07) is 0.0995. The molecule has 0 radical (unpaired) electrons. The summed E-state index contributed by atoms with van der Waals surface area (Å²) in [4.78, 5) is 8.64. The Morgan fingerprint density at radius 1 is 1.41 bits per heavy atom. The van der Waals surface area contributed by atoms with Crippen LogP contribution < -0.4 is 5.32 Å². The highest BCUT2D eigenvalue weighted by atomic mass is 15.1. The fourth-order valence-corrected chi connectivity index (χ4v) is 2.03. The van der Waals surface area contributed by atoms with E-state index < -0.39 is 0 Å². The van der Waals surface area contributed by atoms with Crippen molar-refractivity contribution in [1.29, 1.82) is 0 Å². The largest absolute Gasteiger partial charge is 0.336 e. The van der Waals surface area contributed by atoms with Crippen molar-refractivity contribution in [2.24, 2.45) is 7.05 Å². The Bertz CT molecular complexity index is 471. The van der Waals surface area contributed by atoms with Gasteiger partial charge in [-0.2, -0.15) is 0 Å². The minimum atomic E-state index is 0.0995. The molecule has 0 spiro atoms. The molecule has 0 aromatic carbocycles. The van der Waals surface area contributed by atoms with E-state index in [1.165, 1.54) is 0 Å². The molecule has 0 fully saturated rings. The molecule has 0 aliphatic heterocycles. The highest BCUT2D eigenvalue weighted by Crippen LogP contribution is 2.19. The smallest absolute Gasteiger partial charge is 0.132 e. The Morgan fingerprint density at radius 2 is 2.24 bits per heavy atom. The van der Waals surface area contributed by atoms with Gasteiger partial charge >= 0.3 is 0 Å². The average Bonchev–Trinajstić information content (AvgIpc) is 2.94. The minimum Gasteiger partial charge on any atom is -0.336 e. The Kier molecular flexibility index (Phi) is 3.58. The molecule has 1 unspecified atom stereocenters. The zero-order chi connectivity index (χ0) is 12.3. The molecule has 0 bridgehead atoms. The molecule has 2 rings (SSSR count). The fourth-order valence-electron chi connectivity index (χ4n) is 2.03. The Balaban J connectivity index is 2.39. The lowest BCUT2D eigenvalue weighted by Gasteiger charge is -2.18. The van der Waals surface area contributed by atoms with Gasteiger partial charge in [0.1, 0.15) is 11.9 Å². The third-order valence-electron chi connectivity index (χ3n) is 2.90. The van der Waals surface area contributed by atoms with E-state index in [4.69, 9.17) is 0 Å². The summed E-state index contributed by atoms with van der Waals surface area (Å²) < 4.78 is 4.18. The number of imidazole rings is 2. The summed E-state index contributed by atoms with van der Waals surface area (Å²) in [5, 5.41) is 3.46. The van der Waals surface area contributed by atoms with Crippen molar-refractivity contribution in [3.63, 3.8) is 0 Å². The highest BCUT2D eigenvalue weighted by Gasteiger charge is 2.20. The van der Waals surface area contributed by atoms with E-state index in [1.807, 2.05) is 36.5 Å². The van der Waals surface area contributed by atoms with Gasteiger partial charge in [-0.3, -0.25) is 0 Å². The van der Waals surface area contributed by atoms with Crippen LogP contribution in [0.2, 0.25) is 0 Å². The van der Waals surface area contributed by atoms with E-state index in [2.05, 4.69) is 33.7 Å². The van der Waals surface area contributed by atoms with E-state index in [0.717, 1.165) is 24.6 Å². The standard InChI is InChI=1S/C12H19N5/c1-4-14-11(10-8-13-9-16(10)3)12-15-6-7-17(12)5-2/h6-9,11,14H,4-5H2,1-3H3. The molecule has 5 nitrogen and oxygen atoms in total. The minimum absolute atomic E-state index is 0.0995. The zero-order valence-electron chi connectivity index (χ0n) is 10.6. The molecule has 0 aliphatic rings. The summed E-state index contributed by atoms with van der Waals surface area (Å²) in [5.41, 5.74) is 1.13. The number of nitrogens with zero attached hydrogens (tertiary/aromatic N) is 4. The maximum absolute atomic E-state index is 4.46. The predicted molar refractivity (Wildman–Crippen MR) is 66.6 cm³/mol. The van der Waals surface area contributed by atoms with Crippen LogP contribution in [0.25, 0.3) is 0 Å². The SMILES string of the molecule is CCNC(c1cncn1C)c1nccn1CC. The van der Waals surface area contributed by atoms with E-state index in [0.29, 0.717) is 0 Å². The Labute approximate surface area is 102 Å². The van der Waals surface area contributed by atoms with Crippen molar-refractivity contribution in [1.82, 2.24) is 24.4 Å². The summed E-state index contributed by atoms with van der Waals surface area (Å²) in [5.74, 6) is 1.04. The van der Waals surface area contributed by atoms with Gasteiger partial charge in [0, 0.05) is 26.0 Å². The molecule has 5 heteroatoms. The highest BCUT2D eigenvalue weighted by molar-refractivity contribution is 5.16. The molecule has 17 heavy (non-hydrogen) atoms. The third-order valence-corrected chi connectivity index (χ3v) is 2.90. The lowest BCUT2D eigenvalue weighted by Crippen LogP contribution is -2.26. The normalized spacial score (nSPS) is 12.9. The summed E-state index contributed by atoms with van der Waals surface area (Å²) in [6.45, 7) is 6.04. The quantitative estimate of drug-likeness (QED) is 0.847. The molecule has 2 heterocycles. The lowest BCUT2D eigenvalue weighted by atomic mass is 10.2. The van der Waals surface area contributed by atoms with Gasteiger partial charge < -0.3 is 14.5 Å². The van der Waals surface area contributed by atoms with Crippen molar-refractivity contribution in [3.05, 3.63) is 36.4 Å². The van der Waals surface area contributed by atoms with Crippen LogP contribution in [0, 0.1) is 0 Å². The van der Waals surface area contributed by atoms with Crippen molar-refractivity contribution in [2.75, 3.05) is 6.54 Å². The fraction of sp³-hybridized carbons (Fsp3) is 0.500. The number of nitrogens with one attached hydrogen (secondary N) is 1. The number of aromatic nitrogens is 4. The molecule has 2 aromatic rings. The number of hydrogen-bond acceptors (Lipinski definition) is 3. The maximum Gasteiger partial charge on any atom is 0.132 e. The summed E-state index contributed by atoms with van der Waals surface area (Å²) in [7, 11) is 2.01. The Hall–Kier alpha value is -1.62. The van der Waals surface area contributed by atoms with Crippen LogP contribution >= 0.6 is 0 Å². The second kappa shape index (κ2) is 5.14. The molecule has 1 atom stereocenters. The molecular weight excluding hydrogens is 214 g/mol. The van der Waals surface area contributed by atoms with Crippen molar-refractivity contribution in [2.45, 2.75) is 26.4 Å². The summed E-state index contributed by atoms with van der Waals surface area (Å²) in [6.07, 6.45) is 7.57. The van der Waals surface area contributed by atoms with Crippen LogP contribution in [0.3, 0.4) is 0 Å². The van der Waals surface area contributed by atoms with E-state index in [9.17, 15) is 0 Å². The molecule has 0 amide bonds. The Morgan fingerprint density at radius 3 is 2.82 bits per heavy atom. The first-order valence-corrected chi connectivity index (χ1v) is 5.98. The number of rotatable bonds is 5. The van der Waals surface area contributed by atoms with Crippen molar-refractivity contribution < 1.29 is 0 Å². The van der Waals surface area contributed by atoms with Crippen LogP contribution in [-0.4, -0.2) is 25.6 Å². The van der Waals surface area contributed by atoms with Gasteiger partial charge in [0.05, 0.1) is 18.2 Å². The van der Waals surface area contributed by atoms with Gasteiger partial charge in [0.2, 0.25) is 0 Å². The zero-order valence-corrected chi connectivity index (χ0v) is 10.6. The monoisotopic (exact) mass is 233 g/mol. The van der Waals surface area contributed by atoms with Crippen LogP contribution in [0.5, 0.6) is 0 Å². The van der Waals surface area contributed by atoms with Gasteiger partial charge in [0.25, 0.3) is 0 Å². The molecule has 1 N–H and O–H groups in total. The van der Waals surface area contributed by atoms with Gasteiger partial charge in [-0.05, 0) is 13.5 Å². The van der Waals surface area contributed by atoms with Crippen LogP contribution in [0.1, 0.15) is 31.4 Å². The van der Waals surface area contributed by atoms with Gasteiger partial charge in [-0.25, -0.2) is 9.97 Å². The van der Waals surface area contributed by atoms with E-state index in [1.54, 1.807) is 0 Å². The second-order valence-corrected chi connectivity index (χ2v) is 3.99. The number of hydrogen-bond donors (Lipinski definition) is 1. The third kappa shape index (κ3) is 2.24. The van der Waals surface area contributed by atoms with Gasteiger partial charge in [-0.15, -0.1) is 0 Å². The van der Waals surface area contributed by atoms with Crippen LogP contribution in [0.4, 0.5) is 0 Å². The number of aryl methyl sites for hydroxylation is 2. The van der Waals surface area contributed by atoms with Crippen molar-refractivity contribution in [3.8, 4) is 0 Å². The van der Waals surface area contributed by atoms with Crippen LogP contribution in [0.15, 0.2) is 24.9 Å². The topological polar surface area (TPSA) is 47.7 Å². The lowest BCUT2D eigenvalue weighted by molar-refractivity contribution is 0.535. The van der Waals surface area contributed by atoms with Crippen LogP contribution in [-0.2, 0) is 13.6 Å². The first-order chi connectivity index (χ1) is 8.27. The van der Waals surface area contributed by atoms with Crippen molar-refractivity contribution >= 4 is 0 Å². The van der Waals surface area contributed by atoms with E-state index in [-0.39, 0.29) is 6.04 Å². The maximum atomic E-state index is 4.46. The molecule has 92 valence electrons. The van der Waals surface area contributed by atoms with Gasteiger partial charge in [-0.1, -0.05) is 6.92 Å². The molecular formula is C12H19N5. The molecule has 2 aromatic heterocycles. The average molecular weight is 233 g/mol. The molecule has 0 saturated carbocycles. The molecule has 0 saturated heterocycles. The first-order valence-electron chi connectivity index (χ1n) is 5.98.